The molecule has 2 fully saturated rings. The maximum atomic E-state index is 13.5. The molecule has 2 atom stereocenters. The third-order valence-electron chi connectivity index (χ3n) is 6.37. The summed E-state index contributed by atoms with van der Waals surface area (Å²) in [5, 5.41) is 17.6. The van der Waals surface area contributed by atoms with Crippen molar-refractivity contribution in [2.24, 2.45) is 0 Å². The molecule has 1 aromatic carbocycles. The Balaban J connectivity index is 1.70. The lowest BCUT2D eigenvalue weighted by Crippen LogP contribution is -2.49. The zero-order valence-corrected chi connectivity index (χ0v) is 20.7. The first-order valence-electron chi connectivity index (χ1n) is 11.7. The van der Waals surface area contributed by atoms with Crippen molar-refractivity contribution in [3.05, 3.63) is 40.2 Å². The lowest BCUT2D eigenvalue weighted by molar-refractivity contribution is -0.152. The number of carboxylic acids is 1. The Hall–Kier alpha value is -3.00. The molecule has 1 aliphatic carbocycles. The van der Waals surface area contributed by atoms with Gasteiger partial charge in [-0.3, -0.25) is 9.48 Å². The number of carboxylic acid groups (broad SMARTS) is 1. The maximum absolute atomic E-state index is 13.5. The summed E-state index contributed by atoms with van der Waals surface area (Å²) in [5.74, 6) is -3.40. The number of amides is 1. The Morgan fingerprint density at radius 3 is 2.47 bits per heavy atom. The van der Waals surface area contributed by atoms with Gasteiger partial charge in [-0.2, -0.15) is 31.4 Å². The summed E-state index contributed by atoms with van der Waals surface area (Å²) < 4.78 is 81.3. The van der Waals surface area contributed by atoms with E-state index in [2.05, 4.69) is 15.7 Å². The molecular formula is C23H24ClF6N5O3. The highest BCUT2D eigenvalue weighted by molar-refractivity contribution is 6.32. The Morgan fingerprint density at radius 1 is 1.24 bits per heavy atom. The second-order valence-corrected chi connectivity index (χ2v) is 9.80. The van der Waals surface area contributed by atoms with Crippen molar-refractivity contribution in [3.63, 3.8) is 0 Å². The van der Waals surface area contributed by atoms with E-state index in [1.54, 1.807) is 0 Å². The van der Waals surface area contributed by atoms with Gasteiger partial charge in [0.1, 0.15) is 6.04 Å². The van der Waals surface area contributed by atoms with Crippen molar-refractivity contribution in [3.8, 4) is 0 Å². The van der Waals surface area contributed by atoms with E-state index in [1.807, 2.05) is 11.8 Å². The molecule has 1 aromatic heterocycles. The number of aromatic carboxylic acids is 1. The monoisotopic (exact) mass is 567 g/mol. The summed E-state index contributed by atoms with van der Waals surface area (Å²) >= 11 is 5.89. The van der Waals surface area contributed by atoms with E-state index >= 15 is 0 Å². The summed E-state index contributed by atoms with van der Waals surface area (Å²) in [6.07, 6.45) is -11.1. The maximum Gasteiger partial charge on any atom is 0.436 e. The van der Waals surface area contributed by atoms with Crippen LogP contribution in [0.1, 0.15) is 59.9 Å². The number of nitrogens with zero attached hydrogens (tertiary/aromatic N) is 3. The molecular weight excluding hydrogens is 544 g/mol. The molecule has 1 saturated carbocycles. The van der Waals surface area contributed by atoms with Gasteiger partial charge in [0.25, 0.3) is 0 Å². The second kappa shape index (κ2) is 10.3. The van der Waals surface area contributed by atoms with Crippen LogP contribution < -0.4 is 15.5 Å². The topological polar surface area (TPSA) is 99.5 Å². The van der Waals surface area contributed by atoms with Crippen LogP contribution in [0.3, 0.4) is 0 Å². The van der Waals surface area contributed by atoms with Crippen LogP contribution in [0.2, 0.25) is 5.02 Å². The highest BCUT2D eigenvalue weighted by Crippen LogP contribution is 2.48. The molecule has 15 heteroatoms. The number of carbonyl (C=O) groups excluding carboxylic acids is 1. The fourth-order valence-electron chi connectivity index (χ4n) is 4.48. The zero-order chi connectivity index (χ0) is 28.0. The summed E-state index contributed by atoms with van der Waals surface area (Å²) in [4.78, 5) is 27.0. The van der Waals surface area contributed by atoms with Gasteiger partial charge in [0, 0.05) is 37.3 Å². The van der Waals surface area contributed by atoms with Crippen molar-refractivity contribution in [2.45, 2.75) is 56.5 Å². The average Bonchev–Trinajstić information content (AvgIpc) is 3.58. The summed E-state index contributed by atoms with van der Waals surface area (Å²) in [7, 11) is 0. The summed E-state index contributed by atoms with van der Waals surface area (Å²) in [5.41, 5.74) is -2.04. The first-order chi connectivity index (χ1) is 17.7. The van der Waals surface area contributed by atoms with Crippen LogP contribution in [-0.2, 0) is 11.0 Å². The fourth-order valence-corrected chi connectivity index (χ4v) is 4.86. The highest BCUT2D eigenvalue weighted by Gasteiger charge is 2.46. The lowest BCUT2D eigenvalue weighted by Gasteiger charge is -2.34. The lowest BCUT2D eigenvalue weighted by atomic mass is 10.1. The van der Waals surface area contributed by atoms with Crippen molar-refractivity contribution in [1.29, 1.82) is 0 Å². The normalized spacial score (nSPS) is 19.4. The number of benzene rings is 1. The number of anilines is 2. The number of hydrogen-bond acceptors (Lipinski definition) is 5. The van der Waals surface area contributed by atoms with Crippen LogP contribution in [0, 0.1) is 0 Å². The SMILES string of the molecule is C[C@H]1CN(c2ccc(NC(=O)[C@H](CC(F)(F)F)n3nc(C(F)(F)F)c(Cl)c3C3CC3)c(C(=O)O)c2)CCN1. The van der Waals surface area contributed by atoms with Crippen LogP contribution in [-0.4, -0.2) is 58.6 Å². The van der Waals surface area contributed by atoms with Crippen LogP contribution in [0.4, 0.5) is 37.7 Å². The second-order valence-electron chi connectivity index (χ2n) is 9.43. The van der Waals surface area contributed by atoms with Crippen molar-refractivity contribution in [2.75, 3.05) is 29.9 Å². The number of alkyl halides is 6. The molecule has 0 radical (unpaired) electrons. The van der Waals surface area contributed by atoms with Gasteiger partial charge in [-0.15, -0.1) is 0 Å². The van der Waals surface area contributed by atoms with Gasteiger partial charge in [-0.25, -0.2) is 4.79 Å². The van der Waals surface area contributed by atoms with Crippen molar-refractivity contribution < 1.29 is 41.0 Å². The third-order valence-corrected chi connectivity index (χ3v) is 6.74. The van der Waals surface area contributed by atoms with E-state index < -0.39 is 53.3 Å². The van der Waals surface area contributed by atoms with E-state index in [0.29, 0.717) is 42.8 Å². The summed E-state index contributed by atoms with van der Waals surface area (Å²) in [6, 6.07) is 1.92. The molecule has 4 rings (SSSR count). The molecule has 1 saturated heterocycles. The van der Waals surface area contributed by atoms with Crippen LogP contribution in [0.25, 0.3) is 0 Å². The fraction of sp³-hybridized carbons (Fsp3) is 0.522. The van der Waals surface area contributed by atoms with Gasteiger partial charge < -0.3 is 20.6 Å². The van der Waals surface area contributed by atoms with E-state index in [-0.39, 0.29) is 23.0 Å². The molecule has 1 amide bonds. The minimum atomic E-state index is -5.06. The number of hydrogen-bond donors (Lipinski definition) is 3. The first-order valence-corrected chi connectivity index (χ1v) is 12.1. The van der Waals surface area contributed by atoms with Crippen LogP contribution in [0.15, 0.2) is 18.2 Å². The number of carbonyl (C=O) groups is 2. The van der Waals surface area contributed by atoms with Gasteiger partial charge in [0.15, 0.2) is 5.69 Å². The number of rotatable bonds is 7. The van der Waals surface area contributed by atoms with E-state index in [1.165, 1.54) is 18.2 Å². The predicted octanol–water partition coefficient (Wildman–Crippen LogP) is 5.06. The Bertz CT molecular complexity index is 1230. The Kier molecular flexibility index (Phi) is 7.58. The van der Waals surface area contributed by atoms with Crippen molar-refractivity contribution in [1.82, 2.24) is 15.1 Å². The standard InChI is InChI=1S/C23H24ClF6N5O3/c1-11-10-34(7-6-31-11)13-4-5-15(14(8-13)21(37)38)32-20(36)16(9-22(25,26)27)35-18(12-2-3-12)17(24)19(33-35)23(28,29)30/h4-5,8,11-12,16,31H,2-3,6-7,9-10H2,1H3,(H,32,36)(H,37,38)/t11-,16-/m0/s1. The highest BCUT2D eigenvalue weighted by atomic mass is 35.5. The van der Waals surface area contributed by atoms with Gasteiger partial charge in [-0.05, 0) is 38.0 Å². The molecule has 1 aliphatic heterocycles. The number of halogens is 7. The zero-order valence-electron chi connectivity index (χ0n) is 20.0. The van der Waals surface area contributed by atoms with Crippen molar-refractivity contribution >= 4 is 34.9 Å². The minimum absolute atomic E-state index is 0.127. The van der Waals surface area contributed by atoms with Gasteiger partial charge in [0.2, 0.25) is 5.91 Å². The average molecular weight is 568 g/mol. The Morgan fingerprint density at radius 2 is 1.92 bits per heavy atom. The molecule has 2 aromatic rings. The number of nitrogens with one attached hydrogen (secondary N) is 2. The largest absolute Gasteiger partial charge is 0.478 e. The van der Waals surface area contributed by atoms with Gasteiger partial charge in [-0.1, -0.05) is 11.6 Å². The molecule has 208 valence electrons. The quantitative estimate of drug-likeness (QED) is 0.405. The van der Waals surface area contributed by atoms with Gasteiger partial charge in [0.05, 0.1) is 28.4 Å². The molecule has 0 bridgehead atoms. The molecule has 3 N–H and O–H groups in total. The van der Waals surface area contributed by atoms with Crippen LogP contribution in [0.5, 0.6) is 0 Å². The molecule has 38 heavy (non-hydrogen) atoms. The Labute approximate surface area is 217 Å². The van der Waals surface area contributed by atoms with E-state index in [0.717, 1.165) is 0 Å². The number of aromatic nitrogens is 2. The predicted molar refractivity (Wildman–Crippen MR) is 126 cm³/mol. The molecule has 0 spiro atoms. The molecule has 2 aliphatic rings. The molecule has 0 unspecified atom stereocenters. The van der Waals surface area contributed by atoms with E-state index in [4.69, 9.17) is 11.6 Å². The molecule has 2 heterocycles. The van der Waals surface area contributed by atoms with Crippen LogP contribution >= 0.6 is 11.6 Å². The first kappa shape index (κ1) is 28.0. The van der Waals surface area contributed by atoms with E-state index in [9.17, 15) is 41.0 Å². The molecule has 8 nitrogen and oxygen atoms in total. The number of piperazine rings is 1. The van der Waals surface area contributed by atoms with Gasteiger partial charge >= 0.3 is 18.3 Å². The minimum Gasteiger partial charge on any atom is -0.478 e. The summed E-state index contributed by atoms with van der Waals surface area (Å²) in [6.45, 7) is 3.75. The third kappa shape index (κ3) is 6.17. The smallest absolute Gasteiger partial charge is 0.436 e.